The Kier molecular flexibility index (Phi) is 2.14. The summed E-state index contributed by atoms with van der Waals surface area (Å²) in [7, 11) is 0. The van der Waals surface area contributed by atoms with Gasteiger partial charge in [0, 0.05) is 23.2 Å². The number of hydrogen-bond acceptors (Lipinski definition) is 4. The van der Waals surface area contributed by atoms with Crippen molar-refractivity contribution in [3.63, 3.8) is 0 Å². The van der Waals surface area contributed by atoms with Crippen LogP contribution in [0.25, 0.3) is 32.8 Å². The first-order chi connectivity index (χ1) is 9.74. The lowest BCUT2D eigenvalue weighted by molar-refractivity contribution is 0.585. The minimum absolute atomic E-state index is 0.285. The molecule has 96 valence electrons. The highest BCUT2D eigenvalue weighted by atomic mass is 19.1. The van der Waals surface area contributed by atoms with Gasteiger partial charge in [-0.1, -0.05) is 0 Å². The van der Waals surface area contributed by atoms with Crippen molar-refractivity contribution in [2.75, 3.05) is 0 Å². The average molecular weight is 268 g/mol. The molecule has 0 atom stereocenters. The zero-order valence-electron chi connectivity index (χ0n) is 10.0. The largest absolute Gasteiger partial charge is 0.252 e. The molecule has 0 spiro atoms. The average Bonchev–Trinajstić information content (AvgIpc) is 2.47. The molecule has 0 aliphatic heterocycles. The van der Waals surface area contributed by atoms with E-state index in [2.05, 4.69) is 19.9 Å². The van der Waals surface area contributed by atoms with Crippen LogP contribution in [-0.2, 0) is 0 Å². The molecule has 0 amide bonds. The fraction of sp³-hybridized carbons (Fsp3) is 0. The summed E-state index contributed by atoms with van der Waals surface area (Å²) >= 11 is 0. The first kappa shape index (κ1) is 11.1. The molecule has 0 unspecified atom stereocenters. The van der Waals surface area contributed by atoms with E-state index in [1.807, 2.05) is 0 Å². The SMILES string of the molecule is Fc1ccc2c3nccnc3c3ccc(F)nc3c2n1. The van der Waals surface area contributed by atoms with Crippen molar-refractivity contribution in [2.24, 2.45) is 0 Å². The van der Waals surface area contributed by atoms with E-state index in [0.29, 0.717) is 21.8 Å². The molecule has 3 heterocycles. The fourth-order valence-corrected chi connectivity index (χ4v) is 2.35. The van der Waals surface area contributed by atoms with E-state index in [-0.39, 0.29) is 11.0 Å². The van der Waals surface area contributed by atoms with Crippen LogP contribution in [0.3, 0.4) is 0 Å². The minimum Gasteiger partial charge on any atom is -0.252 e. The summed E-state index contributed by atoms with van der Waals surface area (Å²) in [6.45, 7) is 0. The monoisotopic (exact) mass is 268 g/mol. The van der Waals surface area contributed by atoms with Crippen LogP contribution in [0, 0.1) is 11.9 Å². The quantitative estimate of drug-likeness (QED) is 0.363. The first-order valence-corrected chi connectivity index (χ1v) is 5.89. The van der Waals surface area contributed by atoms with Gasteiger partial charge in [-0.25, -0.2) is 9.97 Å². The van der Waals surface area contributed by atoms with E-state index >= 15 is 0 Å². The van der Waals surface area contributed by atoms with Crippen LogP contribution < -0.4 is 0 Å². The summed E-state index contributed by atoms with van der Waals surface area (Å²) in [5.74, 6) is -1.29. The van der Waals surface area contributed by atoms with Crippen molar-refractivity contribution in [3.8, 4) is 0 Å². The van der Waals surface area contributed by atoms with Gasteiger partial charge in [-0.3, -0.25) is 9.97 Å². The van der Waals surface area contributed by atoms with Crippen molar-refractivity contribution < 1.29 is 8.78 Å². The second-order valence-corrected chi connectivity index (χ2v) is 4.31. The Labute approximate surface area is 111 Å². The van der Waals surface area contributed by atoms with Crippen LogP contribution in [0.1, 0.15) is 0 Å². The lowest BCUT2D eigenvalue weighted by Gasteiger charge is -2.07. The van der Waals surface area contributed by atoms with Crippen molar-refractivity contribution in [1.29, 1.82) is 0 Å². The molecule has 6 heteroatoms. The van der Waals surface area contributed by atoms with Crippen LogP contribution >= 0.6 is 0 Å². The second kappa shape index (κ2) is 3.86. The van der Waals surface area contributed by atoms with E-state index in [0.717, 1.165) is 0 Å². The van der Waals surface area contributed by atoms with Gasteiger partial charge in [0.25, 0.3) is 0 Å². The summed E-state index contributed by atoms with van der Waals surface area (Å²) in [4.78, 5) is 16.2. The number of pyridine rings is 2. The zero-order chi connectivity index (χ0) is 13.7. The van der Waals surface area contributed by atoms with Crippen LogP contribution in [-0.4, -0.2) is 19.9 Å². The molecular weight excluding hydrogens is 262 g/mol. The molecule has 4 aromatic rings. The highest BCUT2D eigenvalue weighted by molar-refractivity contribution is 6.20. The minimum atomic E-state index is -0.645. The Morgan fingerprint density at radius 3 is 1.50 bits per heavy atom. The van der Waals surface area contributed by atoms with Crippen LogP contribution in [0.5, 0.6) is 0 Å². The lowest BCUT2D eigenvalue weighted by Crippen LogP contribution is -1.94. The highest BCUT2D eigenvalue weighted by Crippen LogP contribution is 2.30. The van der Waals surface area contributed by atoms with Gasteiger partial charge in [-0.15, -0.1) is 0 Å². The second-order valence-electron chi connectivity index (χ2n) is 4.31. The highest BCUT2D eigenvalue weighted by Gasteiger charge is 2.13. The standard InChI is InChI=1S/C14H6F2N4/c15-9-3-1-7-11-12(18-6-5-17-11)8-2-4-10(16)20-14(8)13(7)19-9/h1-6H. The molecule has 0 aliphatic carbocycles. The maximum Gasteiger partial charge on any atom is 0.213 e. The summed E-state index contributed by atoms with van der Waals surface area (Å²) < 4.78 is 26.8. The molecule has 4 nitrogen and oxygen atoms in total. The van der Waals surface area contributed by atoms with Gasteiger partial charge >= 0.3 is 0 Å². The molecule has 0 aliphatic rings. The molecule has 0 radical (unpaired) electrons. The topological polar surface area (TPSA) is 51.6 Å². The van der Waals surface area contributed by atoms with E-state index in [1.165, 1.54) is 12.1 Å². The maximum atomic E-state index is 13.4. The summed E-state index contributed by atoms with van der Waals surface area (Å²) in [5.41, 5.74) is 1.76. The van der Waals surface area contributed by atoms with E-state index in [9.17, 15) is 8.78 Å². The van der Waals surface area contributed by atoms with E-state index in [1.54, 1.807) is 24.5 Å². The normalized spacial score (nSPS) is 11.5. The molecule has 0 saturated heterocycles. The van der Waals surface area contributed by atoms with Crippen molar-refractivity contribution in [1.82, 2.24) is 19.9 Å². The number of hydrogen-bond donors (Lipinski definition) is 0. The Balaban J connectivity index is 2.41. The number of halogens is 2. The van der Waals surface area contributed by atoms with Gasteiger partial charge in [0.05, 0.1) is 11.0 Å². The van der Waals surface area contributed by atoms with Gasteiger partial charge < -0.3 is 0 Å². The number of fused-ring (bicyclic) bond motifs is 6. The van der Waals surface area contributed by atoms with Gasteiger partial charge in [0.2, 0.25) is 11.9 Å². The lowest BCUT2D eigenvalue weighted by atomic mass is 10.1. The van der Waals surface area contributed by atoms with Crippen LogP contribution in [0.15, 0.2) is 36.7 Å². The number of benzene rings is 1. The smallest absolute Gasteiger partial charge is 0.213 e. The van der Waals surface area contributed by atoms with Crippen molar-refractivity contribution in [2.45, 2.75) is 0 Å². The van der Waals surface area contributed by atoms with Gasteiger partial charge in [-0.05, 0) is 24.3 Å². The number of rotatable bonds is 0. The Bertz CT molecular complexity index is 904. The van der Waals surface area contributed by atoms with Crippen LogP contribution in [0.2, 0.25) is 0 Å². The first-order valence-electron chi connectivity index (χ1n) is 5.89. The molecule has 20 heavy (non-hydrogen) atoms. The van der Waals surface area contributed by atoms with Crippen molar-refractivity contribution in [3.05, 3.63) is 48.6 Å². The Morgan fingerprint density at radius 2 is 1.05 bits per heavy atom. The fourth-order valence-electron chi connectivity index (χ4n) is 2.35. The third kappa shape index (κ3) is 1.45. The summed E-state index contributed by atoms with van der Waals surface area (Å²) in [5, 5.41) is 1.19. The third-order valence-corrected chi connectivity index (χ3v) is 3.16. The molecule has 4 rings (SSSR count). The molecule has 0 fully saturated rings. The van der Waals surface area contributed by atoms with E-state index < -0.39 is 11.9 Å². The van der Waals surface area contributed by atoms with Crippen LogP contribution in [0.4, 0.5) is 8.78 Å². The third-order valence-electron chi connectivity index (χ3n) is 3.16. The molecule has 1 aromatic carbocycles. The zero-order valence-corrected chi connectivity index (χ0v) is 10.0. The number of aromatic nitrogens is 4. The van der Waals surface area contributed by atoms with Gasteiger partial charge in [0.1, 0.15) is 11.0 Å². The molecule has 0 N–H and O–H groups in total. The summed E-state index contributed by atoms with van der Waals surface area (Å²) in [6, 6.07) is 5.59. The van der Waals surface area contributed by atoms with Gasteiger partial charge in [0.15, 0.2) is 0 Å². The molecule has 3 aromatic heterocycles. The predicted molar refractivity (Wildman–Crippen MR) is 70.1 cm³/mol. The Hall–Kier alpha value is -2.76. The summed E-state index contributed by atoms with van der Waals surface area (Å²) in [6.07, 6.45) is 3.10. The van der Waals surface area contributed by atoms with Gasteiger partial charge in [-0.2, -0.15) is 8.78 Å². The number of nitrogens with zero attached hydrogens (tertiary/aromatic N) is 4. The predicted octanol–water partition coefficient (Wildman–Crippen LogP) is 3.00. The van der Waals surface area contributed by atoms with E-state index in [4.69, 9.17) is 0 Å². The Morgan fingerprint density at radius 1 is 0.600 bits per heavy atom. The molecule has 0 bridgehead atoms. The molecular formula is C14H6F2N4. The van der Waals surface area contributed by atoms with Crippen molar-refractivity contribution >= 4 is 32.8 Å². The maximum absolute atomic E-state index is 13.4. The molecule has 0 saturated carbocycles.